The number of aromatic nitrogens is 2. The molecule has 0 amide bonds. The molecule has 20 nitrogen and oxygen atoms in total. The standard InChI is InChI=1S/C28H33ClN2O9.C24H29ClN2O7/c1-5-37-27(35)21-14-30-24(13-25(21)34)19-11-22(29)26(38-10-6-9-36-4)12-20(19)23-7-8-28(31(23)30,15-39-17(2)32)16-40-18(3)33;1-3-33-23(31)17-12-26-20(11-21(17)30)15-9-18(25)22(34-8-4-7-32-2)10-16(15)19-5-6-24(13-28,14-29)27(19)26/h11-14,23H,5-10,15-16H2,1-4H3;9-12,19,28-29H,3-8,13-14H2,1-2H3/t23-;19-/m11/s1. The van der Waals surface area contributed by atoms with E-state index in [1.54, 1.807) is 49.6 Å². The number of fused-ring (bicyclic) bond motifs is 12. The molecule has 6 heterocycles. The third-order valence-corrected chi connectivity index (χ3v) is 14.1. The Kier molecular flexibility index (Phi) is 18.0. The first-order chi connectivity index (χ1) is 35.5. The molecule has 8 rings (SSSR count). The molecule has 0 spiro atoms. The van der Waals surface area contributed by atoms with Crippen LogP contribution in [0.25, 0.3) is 22.5 Å². The van der Waals surface area contributed by atoms with Gasteiger partial charge >= 0.3 is 23.9 Å². The minimum atomic E-state index is -0.992. The van der Waals surface area contributed by atoms with Crippen LogP contribution in [0.1, 0.15) is 110 Å². The summed E-state index contributed by atoms with van der Waals surface area (Å²) < 4.78 is 46.5. The topological polar surface area (TPSA) is 233 Å². The lowest BCUT2D eigenvalue weighted by Gasteiger charge is -2.46. The van der Waals surface area contributed by atoms with Crippen molar-refractivity contribution in [2.24, 2.45) is 0 Å². The van der Waals surface area contributed by atoms with Crippen molar-refractivity contribution in [1.82, 2.24) is 9.35 Å². The second-order valence-corrected chi connectivity index (χ2v) is 19.1. The molecular weight excluding hydrogens is 1010 g/mol. The summed E-state index contributed by atoms with van der Waals surface area (Å²) in [5.74, 6) is -1.47. The van der Waals surface area contributed by atoms with E-state index in [0.29, 0.717) is 103 Å². The number of rotatable bonds is 20. The zero-order valence-electron chi connectivity index (χ0n) is 42.2. The van der Waals surface area contributed by atoms with Crippen LogP contribution in [0.5, 0.6) is 11.5 Å². The Balaban J connectivity index is 0.000000219. The van der Waals surface area contributed by atoms with Crippen LogP contribution in [-0.4, -0.2) is 135 Å². The predicted octanol–water partition coefficient (Wildman–Crippen LogP) is 5.68. The van der Waals surface area contributed by atoms with Crippen molar-refractivity contribution in [2.75, 3.05) is 90.3 Å². The fourth-order valence-electron chi connectivity index (χ4n) is 10.1. The zero-order chi connectivity index (χ0) is 53.5. The van der Waals surface area contributed by atoms with Crippen LogP contribution in [0.4, 0.5) is 0 Å². The van der Waals surface area contributed by atoms with Crippen molar-refractivity contribution in [2.45, 2.75) is 89.4 Å². The number of hydrogen-bond donors (Lipinski definition) is 2. The summed E-state index contributed by atoms with van der Waals surface area (Å²) in [7, 11) is 3.24. The molecule has 0 saturated carbocycles. The predicted molar refractivity (Wildman–Crippen MR) is 271 cm³/mol. The molecule has 400 valence electrons. The molecule has 4 aliphatic heterocycles. The van der Waals surface area contributed by atoms with E-state index in [-0.39, 0.29) is 62.9 Å². The fourth-order valence-corrected chi connectivity index (χ4v) is 10.5. The fraction of sp³-hybridized carbons (Fsp3) is 0.500. The number of carbonyl (C=O) groups excluding carboxylic acids is 4. The molecule has 2 N–H and O–H groups in total. The maximum Gasteiger partial charge on any atom is 0.343 e. The third kappa shape index (κ3) is 11.1. The van der Waals surface area contributed by atoms with Crippen molar-refractivity contribution < 1.29 is 67.3 Å². The highest BCUT2D eigenvalue weighted by molar-refractivity contribution is 6.32. The SMILES string of the molecule is CCOC(=O)c1cn2c(cc1=O)-c1cc(Cl)c(OCCCOC)cc1[C@H]1CCC(CO)(CO)N12.CCOC(=O)c1cn2c(cc1=O)-c1cc(Cl)c(OCCCOC)cc1[C@H]1CCC(COC(C)=O)(COC(C)=O)N12. The number of halogens is 2. The van der Waals surface area contributed by atoms with Gasteiger partial charge in [-0.2, -0.15) is 0 Å². The van der Waals surface area contributed by atoms with E-state index in [1.807, 2.05) is 22.2 Å². The number of ether oxygens (including phenoxy) is 8. The van der Waals surface area contributed by atoms with E-state index in [4.69, 9.17) is 61.1 Å². The molecule has 4 aliphatic rings. The number of aliphatic hydroxyl groups is 2. The molecule has 0 radical (unpaired) electrons. The lowest BCUT2D eigenvalue weighted by Crippen LogP contribution is -2.59. The maximum absolute atomic E-state index is 13.1. The lowest BCUT2D eigenvalue weighted by molar-refractivity contribution is -0.147. The average molecular weight is 1070 g/mol. The summed E-state index contributed by atoms with van der Waals surface area (Å²) in [4.78, 5) is 74.9. The molecule has 0 aliphatic carbocycles. The summed E-state index contributed by atoms with van der Waals surface area (Å²) in [5, 5.41) is 25.1. The molecule has 74 heavy (non-hydrogen) atoms. The average Bonchev–Trinajstić information content (AvgIpc) is 3.96. The van der Waals surface area contributed by atoms with Crippen LogP contribution in [-0.2, 0) is 38.0 Å². The quantitative estimate of drug-likeness (QED) is 0.0615. The normalized spacial score (nSPS) is 17.0. The first-order valence-electron chi connectivity index (χ1n) is 24.4. The van der Waals surface area contributed by atoms with E-state index in [1.165, 1.54) is 38.4 Å². The van der Waals surface area contributed by atoms with Gasteiger partial charge in [0.2, 0.25) is 0 Å². The van der Waals surface area contributed by atoms with E-state index >= 15 is 0 Å². The molecule has 2 atom stereocenters. The molecule has 2 saturated heterocycles. The van der Waals surface area contributed by atoms with Crippen molar-refractivity contribution >= 4 is 47.1 Å². The first kappa shape index (κ1) is 55.6. The minimum Gasteiger partial charge on any atom is -0.492 e. The van der Waals surface area contributed by atoms with E-state index in [2.05, 4.69) is 0 Å². The number of carbonyl (C=O) groups is 4. The highest BCUT2D eigenvalue weighted by atomic mass is 35.5. The summed E-state index contributed by atoms with van der Waals surface area (Å²) in [6, 6.07) is 9.39. The molecule has 2 aromatic heterocycles. The third-order valence-electron chi connectivity index (χ3n) is 13.5. The minimum absolute atomic E-state index is 0.0876. The Morgan fingerprint density at radius 2 is 1.01 bits per heavy atom. The number of benzene rings is 2. The van der Waals surface area contributed by atoms with Crippen molar-refractivity contribution in [3.05, 3.63) is 102 Å². The second-order valence-electron chi connectivity index (χ2n) is 18.3. The zero-order valence-corrected chi connectivity index (χ0v) is 43.8. The molecular formula is C52H62Cl2N4O16. The molecule has 0 unspecified atom stereocenters. The Morgan fingerprint density at radius 1 is 0.608 bits per heavy atom. The van der Waals surface area contributed by atoms with Crippen LogP contribution in [0.3, 0.4) is 0 Å². The van der Waals surface area contributed by atoms with Crippen LogP contribution in [0.15, 0.2) is 58.4 Å². The number of esters is 4. The van der Waals surface area contributed by atoms with Gasteiger partial charge in [-0.3, -0.25) is 38.5 Å². The van der Waals surface area contributed by atoms with Crippen molar-refractivity contribution in [3.63, 3.8) is 0 Å². The first-order valence-corrected chi connectivity index (χ1v) is 25.1. The molecule has 2 fully saturated rings. The van der Waals surface area contributed by atoms with Gasteiger partial charge in [-0.05, 0) is 74.9 Å². The largest absolute Gasteiger partial charge is 0.492 e. The summed E-state index contributed by atoms with van der Waals surface area (Å²) in [5.41, 5.74) is 0.864. The van der Waals surface area contributed by atoms with E-state index in [0.717, 1.165) is 16.7 Å². The Morgan fingerprint density at radius 3 is 1.39 bits per heavy atom. The summed E-state index contributed by atoms with van der Waals surface area (Å²) in [6.45, 7) is 7.29. The van der Waals surface area contributed by atoms with Gasteiger partial charge in [0, 0.05) is 89.8 Å². The number of aliphatic hydroxyl groups excluding tert-OH is 2. The Hall–Kier alpha value is -6.16. The maximum atomic E-state index is 13.1. The molecule has 0 bridgehead atoms. The van der Waals surface area contributed by atoms with Gasteiger partial charge in [0.1, 0.15) is 46.9 Å². The van der Waals surface area contributed by atoms with E-state index in [9.17, 15) is 39.0 Å². The van der Waals surface area contributed by atoms with Crippen LogP contribution >= 0.6 is 23.2 Å². The van der Waals surface area contributed by atoms with Gasteiger partial charge < -0.3 is 48.1 Å². The molecule has 4 aromatic rings. The van der Waals surface area contributed by atoms with Gasteiger partial charge in [-0.25, -0.2) is 9.59 Å². The van der Waals surface area contributed by atoms with Crippen molar-refractivity contribution in [1.29, 1.82) is 0 Å². The summed E-state index contributed by atoms with van der Waals surface area (Å²) in [6.07, 6.45) is 6.44. The van der Waals surface area contributed by atoms with Crippen molar-refractivity contribution in [3.8, 4) is 34.0 Å². The van der Waals surface area contributed by atoms with Gasteiger partial charge in [0.05, 0.1) is 73.2 Å². The number of hydrogen-bond acceptors (Lipinski definition) is 18. The number of pyridine rings is 2. The van der Waals surface area contributed by atoms with Gasteiger partial charge in [0.25, 0.3) is 0 Å². The van der Waals surface area contributed by atoms with Crippen LogP contribution < -0.4 is 30.3 Å². The smallest absolute Gasteiger partial charge is 0.343 e. The Bertz CT molecular complexity index is 2850. The van der Waals surface area contributed by atoms with Crippen LogP contribution in [0.2, 0.25) is 10.0 Å². The molecule has 2 aromatic carbocycles. The Labute approximate surface area is 437 Å². The van der Waals surface area contributed by atoms with Gasteiger partial charge in [-0.1, -0.05) is 23.2 Å². The number of nitrogens with zero attached hydrogens (tertiary/aromatic N) is 4. The second kappa shape index (κ2) is 24.0. The highest BCUT2D eigenvalue weighted by Gasteiger charge is 2.53. The molecule has 22 heteroatoms. The van der Waals surface area contributed by atoms with Gasteiger partial charge in [0.15, 0.2) is 10.9 Å². The van der Waals surface area contributed by atoms with E-state index < -0.39 is 45.8 Å². The highest BCUT2D eigenvalue weighted by Crippen LogP contribution is 2.52. The number of methoxy groups -OCH3 is 2. The van der Waals surface area contributed by atoms with Crippen LogP contribution in [0, 0.1) is 0 Å². The monoisotopic (exact) mass is 1070 g/mol. The summed E-state index contributed by atoms with van der Waals surface area (Å²) >= 11 is 13.2. The van der Waals surface area contributed by atoms with Gasteiger partial charge in [-0.15, -0.1) is 0 Å². The lowest BCUT2D eigenvalue weighted by atomic mass is 9.94.